The molecule has 0 spiro atoms. The minimum absolute atomic E-state index is 0.787. The summed E-state index contributed by atoms with van der Waals surface area (Å²) in [7, 11) is 0. The number of aromatic amines is 1. The van der Waals surface area contributed by atoms with E-state index in [1.165, 1.54) is 0 Å². The quantitative estimate of drug-likeness (QED) is 0.606. The van der Waals surface area contributed by atoms with E-state index in [1.54, 1.807) is 12.4 Å². The van der Waals surface area contributed by atoms with Crippen LogP contribution in [0.1, 0.15) is 16.8 Å². The number of nitrogens with zero attached hydrogens (tertiary/aromatic N) is 2. The zero-order valence-corrected chi connectivity index (χ0v) is 9.94. The average Bonchev–Trinajstić information content (AvgIpc) is 2.85. The first-order valence-corrected chi connectivity index (χ1v) is 5.70. The zero-order chi connectivity index (χ0) is 12.4. The molecule has 0 aliphatic carbocycles. The highest BCUT2D eigenvalue weighted by molar-refractivity contribution is 5.82. The van der Waals surface area contributed by atoms with Crippen molar-refractivity contribution in [2.24, 2.45) is 0 Å². The molecule has 0 atom stereocenters. The van der Waals surface area contributed by atoms with E-state index in [1.807, 2.05) is 37.4 Å². The van der Waals surface area contributed by atoms with Crippen LogP contribution in [0.5, 0.6) is 0 Å². The molecule has 0 fully saturated rings. The summed E-state index contributed by atoms with van der Waals surface area (Å²) in [4.78, 5) is 11.5. The number of aryl methyl sites for hydroxylation is 1. The van der Waals surface area contributed by atoms with E-state index in [0.717, 1.165) is 27.9 Å². The van der Waals surface area contributed by atoms with Crippen molar-refractivity contribution in [2.75, 3.05) is 0 Å². The van der Waals surface area contributed by atoms with E-state index in [4.69, 9.17) is 0 Å². The maximum absolute atomic E-state index is 4.23. The second kappa shape index (κ2) is 4.34. The molecule has 3 rings (SSSR count). The lowest BCUT2D eigenvalue weighted by Gasteiger charge is -1.94. The summed E-state index contributed by atoms with van der Waals surface area (Å²) in [6, 6.07) is 7.83. The second-order valence-electron chi connectivity index (χ2n) is 4.07. The minimum atomic E-state index is 0.787. The van der Waals surface area contributed by atoms with Crippen LogP contribution < -0.4 is 0 Å². The molecule has 0 saturated carbocycles. The molecule has 3 heterocycles. The van der Waals surface area contributed by atoms with E-state index in [2.05, 4.69) is 26.8 Å². The molecule has 0 amide bonds. The summed E-state index contributed by atoms with van der Waals surface area (Å²) in [6.45, 7) is 2.03. The van der Waals surface area contributed by atoms with E-state index in [0.29, 0.717) is 0 Å². The van der Waals surface area contributed by atoms with Gasteiger partial charge in [0, 0.05) is 29.5 Å². The lowest BCUT2D eigenvalue weighted by molar-refractivity contribution is 1.25. The standard InChI is InChI=1S/C15H11N3/c1-11-4-7-16-13(10-11)3-2-12-5-8-17-15-14(12)6-9-18-15/h4-10H,1H3,(H,17,18). The third kappa shape index (κ3) is 1.96. The van der Waals surface area contributed by atoms with Crippen molar-refractivity contribution < 1.29 is 0 Å². The fourth-order valence-corrected chi connectivity index (χ4v) is 1.81. The van der Waals surface area contributed by atoms with Gasteiger partial charge in [-0.2, -0.15) is 0 Å². The van der Waals surface area contributed by atoms with Crippen molar-refractivity contribution in [3.63, 3.8) is 0 Å². The summed E-state index contributed by atoms with van der Waals surface area (Å²) >= 11 is 0. The first-order valence-electron chi connectivity index (χ1n) is 5.70. The highest BCUT2D eigenvalue weighted by atomic mass is 14.8. The Morgan fingerprint density at radius 3 is 2.83 bits per heavy atom. The van der Waals surface area contributed by atoms with Crippen molar-refractivity contribution >= 4 is 11.0 Å². The Labute approximate surface area is 105 Å². The van der Waals surface area contributed by atoms with Crippen LogP contribution in [0.3, 0.4) is 0 Å². The van der Waals surface area contributed by atoms with Gasteiger partial charge in [-0.1, -0.05) is 5.92 Å². The molecular formula is C15H11N3. The van der Waals surface area contributed by atoms with Gasteiger partial charge in [-0.05, 0) is 42.7 Å². The Morgan fingerprint density at radius 2 is 1.94 bits per heavy atom. The van der Waals surface area contributed by atoms with Crippen molar-refractivity contribution in [3.05, 3.63) is 59.7 Å². The molecular weight excluding hydrogens is 222 g/mol. The topological polar surface area (TPSA) is 41.6 Å². The van der Waals surface area contributed by atoms with Crippen LogP contribution in [0, 0.1) is 18.8 Å². The molecule has 0 radical (unpaired) electrons. The first kappa shape index (κ1) is 10.5. The number of nitrogens with one attached hydrogen (secondary N) is 1. The van der Waals surface area contributed by atoms with Gasteiger partial charge in [0.2, 0.25) is 0 Å². The molecule has 0 aliphatic heterocycles. The molecule has 0 saturated heterocycles. The number of pyridine rings is 2. The number of hydrogen-bond donors (Lipinski definition) is 1. The van der Waals surface area contributed by atoms with Crippen LogP contribution in [0.4, 0.5) is 0 Å². The van der Waals surface area contributed by atoms with Crippen LogP contribution in [0.15, 0.2) is 42.9 Å². The maximum Gasteiger partial charge on any atom is 0.138 e. The van der Waals surface area contributed by atoms with Gasteiger partial charge in [0.15, 0.2) is 0 Å². The molecule has 3 heteroatoms. The van der Waals surface area contributed by atoms with Crippen LogP contribution >= 0.6 is 0 Å². The van der Waals surface area contributed by atoms with E-state index in [9.17, 15) is 0 Å². The van der Waals surface area contributed by atoms with Crippen molar-refractivity contribution in [1.82, 2.24) is 15.0 Å². The molecule has 0 unspecified atom stereocenters. The third-order valence-corrected chi connectivity index (χ3v) is 2.70. The van der Waals surface area contributed by atoms with Gasteiger partial charge < -0.3 is 4.98 Å². The Bertz CT molecular complexity index is 760. The predicted octanol–water partition coefficient (Wildman–Crippen LogP) is 2.67. The molecule has 0 aromatic carbocycles. The van der Waals surface area contributed by atoms with Crippen LogP contribution in [-0.4, -0.2) is 15.0 Å². The van der Waals surface area contributed by atoms with E-state index in [-0.39, 0.29) is 0 Å². The lowest BCUT2D eigenvalue weighted by atomic mass is 10.2. The number of rotatable bonds is 0. The highest BCUT2D eigenvalue weighted by Gasteiger charge is 1.99. The lowest BCUT2D eigenvalue weighted by Crippen LogP contribution is -1.84. The Hall–Kier alpha value is -2.60. The van der Waals surface area contributed by atoms with Gasteiger partial charge in [0.05, 0.1) is 0 Å². The fourth-order valence-electron chi connectivity index (χ4n) is 1.81. The van der Waals surface area contributed by atoms with E-state index < -0.39 is 0 Å². The smallest absolute Gasteiger partial charge is 0.138 e. The molecule has 3 aromatic heterocycles. The normalized spacial score (nSPS) is 10.1. The molecule has 3 nitrogen and oxygen atoms in total. The second-order valence-corrected chi connectivity index (χ2v) is 4.07. The Kier molecular flexibility index (Phi) is 2.54. The first-order chi connectivity index (χ1) is 8.83. The van der Waals surface area contributed by atoms with Crippen LogP contribution in [0.25, 0.3) is 11.0 Å². The van der Waals surface area contributed by atoms with Crippen LogP contribution in [0.2, 0.25) is 0 Å². The molecule has 0 aliphatic rings. The van der Waals surface area contributed by atoms with Gasteiger partial charge in [0.25, 0.3) is 0 Å². The molecule has 0 bridgehead atoms. The van der Waals surface area contributed by atoms with Gasteiger partial charge in [-0.25, -0.2) is 9.97 Å². The zero-order valence-electron chi connectivity index (χ0n) is 9.94. The minimum Gasteiger partial charge on any atom is -0.346 e. The van der Waals surface area contributed by atoms with Crippen molar-refractivity contribution in [2.45, 2.75) is 6.92 Å². The number of fused-ring (bicyclic) bond motifs is 1. The van der Waals surface area contributed by atoms with Crippen molar-refractivity contribution in [3.8, 4) is 11.8 Å². The van der Waals surface area contributed by atoms with Gasteiger partial charge in [0.1, 0.15) is 11.3 Å². The maximum atomic E-state index is 4.23. The largest absolute Gasteiger partial charge is 0.346 e. The van der Waals surface area contributed by atoms with Gasteiger partial charge in [-0.15, -0.1) is 0 Å². The molecule has 18 heavy (non-hydrogen) atoms. The van der Waals surface area contributed by atoms with Gasteiger partial charge in [-0.3, -0.25) is 0 Å². The SMILES string of the molecule is Cc1ccnc(C#Cc2ccnc3[nH]ccc23)c1. The molecule has 86 valence electrons. The number of hydrogen-bond acceptors (Lipinski definition) is 2. The Morgan fingerprint density at radius 1 is 1.06 bits per heavy atom. The van der Waals surface area contributed by atoms with Crippen molar-refractivity contribution in [1.29, 1.82) is 0 Å². The average molecular weight is 233 g/mol. The molecule has 1 N–H and O–H groups in total. The number of H-pyrrole nitrogens is 1. The summed E-state index contributed by atoms with van der Waals surface area (Å²) < 4.78 is 0. The van der Waals surface area contributed by atoms with Crippen LogP contribution in [-0.2, 0) is 0 Å². The third-order valence-electron chi connectivity index (χ3n) is 2.70. The Balaban J connectivity index is 2.05. The molecule has 3 aromatic rings. The fraction of sp³-hybridized carbons (Fsp3) is 0.0667. The summed E-state index contributed by atoms with van der Waals surface area (Å²) in [6.07, 6.45) is 5.40. The summed E-state index contributed by atoms with van der Waals surface area (Å²) in [5.74, 6) is 6.23. The summed E-state index contributed by atoms with van der Waals surface area (Å²) in [5.41, 5.74) is 3.77. The predicted molar refractivity (Wildman–Crippen MR) is 71.0 cm³/mol. The van der Waals surface area contributed by atoms with E-state index >= 15 is 0 Å². The number of aromatic nitrogens is 3. The highest BCUT2D eigenvalue weighted by Crippen LogP contribution is 2.13. The summed E-state index contributed by atoms with van der Waals surface area (Å²) in [5, 5.41) is 1.04. The monoisotopic (exact) mass is 233 g/mol. The van der Waals surface area contributed by atoms with Gasteiger partial charge >= 0.3 is 0 Å².